The normalized spacial score (nSPS) is 12.6. The van der Waals surface area contributed by atoms with E-state index in [-0.39, 0.29) is 11.7 Å². The van der Waals surface area contributed by atoms with Crippen molar-refractivity contribution in [2.75, 3.05) is 5.32 Å². The molecule has 20 heavy (non-hydrogen) atoms. The van der Waals surface area contributed by atoms with Crippen LogP contribution >= 0.6 is 0 Å². The first-order chi connectivity index (χ1) is 9.47. The summed E-state index contributed by atoms with van der Waals surface area (Å²) < 4.78 is 0. The number of carboxylic acid groups (broad SMARTS) is 1. The van der Waals surface area contributed by atoms with Crippen molar-refractivity contribution in [1.82, 2.24) is 4.98 Å². The van der Waals surface area contributed by atoms with Crippen molar-refractivity contribution in [1.29, 1.82) is 0 Å². The number of rotatable bonds is 5. The zero-order valence-electron chi connectivity index (χ0n) is 12.1. The Morgan fingerprint density at radius 2 is 2.00 bits per heavy atom. The molecule has 2 aromatic rings. The van der Waals surface area contributed by atoms with Gasteiger partial charge < -0.3 is 10.4 Å². The van der Waals surface area contributed by atoms with Crippen molar-refractivity contribution in [3.63, 3.8) is 0 Å². The van der Waals surface area contributed by atoms with Gasteiger partial charge in [-0.05, 0) is 30.7 Å². The first-order valence-corrected chi connectivity index (χ1v) is 6.87. The van der Waals surface area contributed by atoms with E-state index < -0.39 is 5.97 Å². The van der Waals surface area contributed by atoms with E-state index in [4.69, 9.17) is 5.11 Å². The van der Waals surface area contributed by atoms with Gasteiger partial charge in [-0.3, -0.25) is 0 Å². The molecule has 0 amide bonds. The second kappa shape index (κ2) is 5.90. The zero-order chi connectivity index (χ0) is 14.7. The molecular weight excluding hydrogens is 252 g/mol. The first kappa shape index (κ1) is 14.3. The third kappa shape index (κ3) is 3.26. The van der Waals surface area contributed by atoms with Crippen molar-refractivity contribution in [3.8, 4) is 0 Å². The molecule has 0 aliphatic heterocycles. The SMILES string of the molecule is CC(C)CC(C)Nc1nc(C(=O)O)cc2ccccc12. The van der Waals surface area contributed by atoms with Crippen LogP contribution in [0.1, 0.15) is 37.7 Å². The smallest absolute Gasteiger partial charge is 0.354 e. The van der Waals surface area contributed by atoms with Crippen LogP contribution in [0.3, 0.4) is 0 Å². The standard InChI is InChI=1S/C16H20N2O2/c1-10(2)8-11(3)17-15-13-7-5-4-6-12(13)9-14(18-15)16(19)20/h4-7,9-11H,8H2,1-3H3,(H,17,18)(H,19,20). The second-order valence-corrected chi connectivity index (χ2v) is 5.56. The predicted octanol–water partition coefficient (Wildman–Crippen LogP) is 3.78. The zero-order valence-corrected chi connectivity index (χ0v) is 12.1. The molecule has 2 N–H and O–H groups in total. The summed E-state index contributed by atoms with van der Waals surface area (Å²) in [6.07, 6.45) is 1.01. The lowest BCUT2D eigenvalue weighted by atomic mass is 10.0. The number of aromatic nitrogens is 1. The molecule has 0 aliphatic carbocycles. The summed E-state index contributed by atoms with van der Waals surface area (Å²) in [7, 11) is 0. The molecule has 1 unspecified atom stereocenters. The van der Waals surface area contributed by atoms with E-state index in [1.54, 1.807) is 6.07 Å². The number of anilines is 1. The number of pyridine rings is 1. The van der Waals surface area contributed by atoms with Gasteiger partial charge in [-0.1, -0.05) is 38.1 Å². The minimum absolute atomic E-state index is 0.0722. The average molecular weight is 272 g/mol. The van der Waals surface area contributed by atoms with Crippen molar-refractivity contribution in [2.45, 2.75) is 33.2 Å². The average Bonchev–Trinajstić information content (AvgIpc) is 2.37. The highest BCUT2D eigenvalue weighted by Gasteiger charge is 2.13. The van der Waals surface area contributed by atoms with E-state index >= 15 is 0 Å². The minimum Gasteiger partial charge on any atom is -0.477 e. The van der Waals surface area contributed by atoms with E-state index in [1.807, 2.05) is 24.3 Å². The number of carbonyl (C=O) groups is 1. The molecule has 0 saturated carbocycles. The van der Waals surface area contributed by atoms with Gasteiger partial charge in [0.05, 0.1) is 0 Å². The molecule has 0 spiro atoms. The number of aromatic carboxylic acids is 1. The van der Waals surface area contributed by atoms with Crippen LogP contribution in [0.15, 0.2) is 30.3 Å². The van der Waals surface area contributed by atoms with Crippen LogP contribution in [0.25, 0.3) is 10.8 Å². The Balaban J connectivity index is 2.42. The number of fused-ring (bicyclic) bond motifs is 1. The Labute approximate surface area is 118 Å². The third-order valence-corrected chi connectivity index (χ3v) is 3.17. The van der Waals surface area contributed by atoms with Crippen LogP contribution in [0.2, 0.25) is 0 Å². The van der Waals surface area contributed by atoms with E-state index in [9.17, 15) is 4.79 Å². The van der Waals surface area contributed by atoms with Gasteiger partial charge in [0, 0.05) is 11.4 Å². The Bertz CT molecular complexity index is 623. The fourth-order valence-electron chi connectivity index (χ4n) is 2.42. The lowest BCUT2D eigenvalue weighted by Gasteiger charge is -2.18. The molecule has 0 radical (unpaired) electrons. The van der Waals surface area contributed by atoms with Gasteiger partial charge in [0.25, 0.3) is 0 Å². The number of nitrogens with one attached hydrogen (secondary N) is 1. The fourth-order valence-corrected chi connectivity index (χ4v) is 2.42. The van der Waals surface area contributed by atoms with Crippen molar-refractivity contribution in [2.24, 2.45) is 5.92 Å². The lowest BCUT2D eigenvalue weighted by molar-refractivity contribution is 0.0691. The summed E-state index contributed by atoms with van der Waals surface area (Å²) in [6.45, 7) is 6.42. The maximum Gasteiger partial charge on any atom is 0.354 e. The van der Waals surface area contributed by atoms with Crippen LogP contribution in [-0.2, 0) is 0 Å². The molecule has 0 bridgehead atoms. The molecule has 4 heteroatoms. The number of nitrogens with zero attached hydrogens (tertiary/aromatic N) is 1. The van der Waals surface area contributed by atoms with Crippen molar-refractivity contribution in [3.05, 3.63) is 36.0 Å². The highest BCUT2D eigenvalue weighted by molar-refractivity contribution is 5.97. The maximum atomic E-state index is 11.2. The molecule has 1 heterocycles. The fraction of sp³-hybridized carbons (Fsp3) is 0.375. The van der Waals surface area contributed by atoms with Crippen LogP contribution in [0.5, 0.6) is 0 Å². The molecule has 1 aromatic carbocycles. The first-order valence-electron chi connectivity index (χ1n) is 6.87. The molecule has 4 nitrogen and oxygen atoms in total. The number of benzene rings is 1. The maximum absolute atomic E-state index is 11.2. The van der Waals surface area contributed by atoms with Gasteiger partial charge in [-0.25, -0.2) is 9.78 Å². The van der Waals surface area contributed by atoms with Gasteiger partial charge in [0.1, 0.15) is 5.82 Å². The number of hydrogen-bond acceptors (Lipinski definition) is 3. The summed E-state index contributed by atoms with van der Waals surface area (Å²) in [6, 6.07) is 9.55. The van der Waals surface area contributed by atoms with Gasteiger partial charge in [-0.15, -0.1) is 0 Å². The Hall–Kier alpha value is -2.10. The highest BCUT2D eigenvalue weighted by Crippen LogP contribution is 2.24. The van der Waals surface area contributed by atoms with Gasteiger partial charge >= 0.3 is 5.97 Å². The van der Waals surface area contributed by atoms with Gasteiger partial charge in [0.2, 0.25) is 0 Å². The van der Waals surface area contributed by atoms with E-state index in [1.165, 1.54) is 0 Å². The molecule has 0 fully saturated rings. The van der Waals surface area contributed by atoms with Crippen LogP contribution in [0, 0.1) is 5.92 Å². The molecule has 1 aromatic heterocycles. The van der Waals surface area contributed by atoms with Crippen LogP contribution in [0.4, 0.5) is 5.82 Å². The topological polar surface area (TPSA) is 62.2 Å². The summed E-state index contributed by atoms with van der Waals surface area (Å²) in [5.41, 5.74) is 0.0722. The molecule has 0 aliphatic rings. The summed E-state index contributed by atoms with van der Waals surface area (Å²) in [5.74, 6) is 0.218. The van der Waals surface area contributed by atoms with E-state index in [0.29, 0.717) is 11.7 Å². The Morgan fingerprint density at radius 3 is 2.65 bits per heavy atom. The Kier molecular flexibility index (Phi) is 4.23. The van der Waals surface area contributed by atoms with Crippen LogP contribution < -0.4 is 5.32 Å². The molecule has 106 valence electrons. The summed E-state index contributed by atoms with van der Waals surface area (Å²) in [4.78, 5) is 15.4. The van der Waals surface area contributed by atoms with Crippen molar-refractivity contribution < 1.29 is 9.90 Å². The van der Waals surface area contributed by atoms with Crippen molar-refractivity contribution >= 4 is 22.6 Å². The van der Waals surface area contributed by atoms with E-state index in [2.05, 4.69) is 31.1 Å². The minimum atomic E-state index is -1.00. The Morgan fingerprint density at radius 1 is 1.30 bits per heavy atom. The second-order valence-electron chi connectivity index (χ2n) is 5.56. The quantitative estimate of drug-likeness (QED) is 0.869. The molecule has 1 atom stereocenters. The molecule has 2 rings (SSSR count). The number of hydrogen-bond donors (Lipinski definition) is 2. The molecule has 0 saturated heterocycles. The van der Waals surface area contributed by atoms with E-state index in [0.717, 1.165) is 17.2 Å². The lowest BCUT2D eigenvalue weighted by Crippen LogP contribution is -2.19. The number of carboxylic acids is 1. The van der Waals surface area contributed by atoms with Gasteiger partial charge in [-0.2, -0.15) is 0 Å². The monoisotopic (exact) mass is 272 g/mol. The molecular formula is C16H20N2O2. The largest absolute Gasteiger partial charge is 0.477 e. The highest BCUT2D eigenvalue weighted by atomic mass is 16.4. The summed E-state index contributed by atoms with van der Waals surface area (Å²) >= 11 is 0. The van der Waals surface area contributed by atoms with Crippen LogP contribution in [-0.4, -0.2) is 22.1 Å². The third-order valence-electron chi connectivity index (χ3n) is 3.17. The predicted molar refractivity (Wildman–Crippen MR) is 81.2 cm³/mol. The summed E-state index contributed by atoms with van der Waals surface area (Å²) in [5, 5.41) is 14.3. The van der Waals surface area contributed by atoms with Gasteiger partial charge in [0.15, 0.2) is 5.69 Å².